The first-order chi connectivity index (χ1) is 10.6. The zero-order valence-electron chi connectivity index (χ0n) is 12.7. The predicted molar refractivity (Wildman–Crippen MR) is 85.5 cm³/mol. The first-order valence-electron chi connectivity index (χ1n) is 7.84. The SMILES string of the molecule is NC(=NCC1(O)CCC1)N1CCN(c2ccc(F)cc2)CC1. The Morgan fingerprint density at radius 1 is 1.18 bits per heavy atom. The highest BCUT2D eigenvalue weighted by Gasteiger charge is 2.34. The Morgan fingerprint density at radius 2 is 1.82 bits per heavy atom. The second-order valence-electron chi connectivity index (χ2n) is 6.20. The molecule has 1 saturated carbocycles. The predicted octanol–water partition coefficient (Wildman–Crippen LogP) is 1.18. The number of benzene rings is 1. The molecule has 1 saturated heterocycles. The third-order valence-corrected chi connectivity index (χ3v) is 4.62. The molecule has 5 nitrogen and oxygen atoms in total. The van der Waals surface area contributed by atoms with Crippen molar-refractivity contribution in [1.82, 2.24) is 4.90 Å². The van der Waals surface area contributed by atoms with Crippen molar-refractivity contribution < 1.29 is 9.50 Å². The Bertz CT molecular complexity index is 534. The molecule has 1 aromatic rings. The molecule has 0 atom stereocenters. The second-order valence-corrected chi connectivity index (χ2v) is 6.20. The van der Waals surface area contributed by atoms with Crippen molar-refractivity contribution >= 4 is 11.6 Å². The van der Waals surface area contributed by atoms with Crippen LogP contribution in [-0.2, 0) is 0 Å². The summed E-state index contributed by atoms with van der Waals surface area (Å²) in [5.74, 6) is 0.298. The van der Waals surface area contributed by atoms with Crippen molar-refractivity contribution in [2.75, 3.05) is 37.6 Å². The van der Waals surface area contributed by atoms with Crippen LogP contribution in [0.4, 0.5) is 10.1 Å². The third kappa shape index (κ3) is 3.32. The van der Waals surface area contributed by atoms with E-state index in [0.29, 0.717) is 12.5 Å². The summed E-state index contributed by atoms with van der Waals surface area (Å²) in [6.45, 7) is 3.62. The molecule has 1 heterocycles. The van der Waals surface area contributed by atoms with Crippen LogP contribution in [0.5, 0.6) is 0 Å². The van der Waals surface area contributed by atoms with E-state index in [-0.39, 0.29) is 5.82 Å². The van der Waals surface area contributed by atoms with Gasteiger partial charge in [-0.1, -0.05) is 0 Å². The summed E-state index contributed by atoms with van der Waals surface area (Å²) in [5, 5.41) is 10.1. The maximum Gasteiger partial charge on any atom is 0.191 e. The maximum absolute atomic E-state index is 13.0. The van der Waals surface area contributed by atoms with Gasteiger partial charge in [0.05, 0.1) is 12.1 Å². The molecule has 3 rings (SSSR count). The van der Waals surface area contributed by atoms with Crippen LogP contribution in [0.15, 0.2) is 29.3 Å². The molecule has 1 aliphatic carbocycles. The summed E-state index contributed by atoms with van der Waals surface area (Å²) >= 11 is 0. The highest BCUT2D eigenvalue weighted by atomic mass is 19.1. The molecule has 3 N–H and O–H groups in total. The number of hydrogen-bond acceptors (Lipinski definition) is 3. The molecule has 0 radical (unpaired) electrons. The van der Waals surface area contributed by atoms with Crippen LogP contribution in [0, 0.1) is 5.82 Å². The lowest BCUT2D eigenvalue weighted by Gasteiger charge is -2.38. The molecule has 22 heavy (non-hydrogen) atoms. The Hall–Kier alpha value is -1.82. The van der Waals surface area contributed by atoms with Gasteiger partial charge in [0.1, 0.15) is 5.82 Å². The van der Waals surface area contributed by atoms with Gasteiger partial charge in [0, 0.05) is 31.9 Å². The molecular formula is C16H23FN4O. The molecule has 0 aromatic heterocycles. The Kier molecular flexibility index (Phi) is 4.20. The van der Waals surface area contributed by atoms with E-state index < -0.39 is 5.60 Å². The van der Waals surface area contributed by atoms with Gasteiger partial charge >= 0.3 is 0 Å². The Balaban J connectivity index is 1.52. The average molecular weight is 306 g/mol. The van der Waals surface area contributed by atoms with Gasteiger partial charge in [0.25, 0.3) is 0 Å². The summed E-state index contributed by atoms with van der Waals surface area (Å²) in [5.41, 5.74) is 6.44. The van der Waals surface area contributed by atoms with Crippen LogP contribution < -0.4 is 10.6 Å². The van der Waals surface area contributed by atoms with Crippen molar-refractivity contribution in [3.63, 3.8) is 0 Å². The maximum atomic E-state index is 13.0. The lowest BCUT2D eigenvalue weighted by Crippen LogP contribution is -2.51. The van der Waals surface area contributed by atoms with Crippen LogP contribution in [-0.4, -0.2) is 54.3 Å². The molecule has 120 valence electrons. The molecule has 0 amide bonds. The van der Waals surface area contributed by atoms with E-state index in [1.54, 1.807) is 12.1 Å². The zero-order valence-corrected chi connectivity index (χ0v) is 12.7. The smallest absolute Gasteiger partial charge is 0.191 e. The topological polar surface area (TPSA) is 65.1 Å². The molecule has 1 aromatic carbocycles. The Labute approximate surface area is 130 Å². The summed E-state index contributed by atoms with van der Waals surface area (Å²) in [6.07, 6.45) is 2.71. The summed E-state index contributed by atoms with van der Waals surface area (Å²) < 4.78 is 13.0. The molecule has 1 aliphatic heterocycles. The van der Waals surface area contributed by atoms with Crippen molar-refractivity contribution in [2.24, 2.45) is 10.7 Å². The summed E-state index contributed by atoms with van der Waals surface area (Å²) in [4.78, 5) is 8.61. The number of aliphatic imine (C=N–C) groups is 1. The summed E-state index contributed by atoms with van der Waals surface area (Å²) in [6, 6.07) is 6.57. The van der Waals surface area contributed by atoms with E-state index >= 15 is 0 Å². The lowest BCUT2D eigenvalue weighted by molar-refractivity contribution is -0.0237. The lowest BCUT2D eigenvalue weighted by atomic mass is 9.80. The molecular weight excluding hydrogens is 283 g/mol. The zero-order chi connectivity index (χ0) is 15.6. The number of nitrogens with zero attached hydrogens (tertiary/aromatic N) is 3. The van der Waals surface area contributed by atoms with Crippen LogP contribution in [0.2, 0.25) is 0 Å². The van der Waals surface area contributed by atoms with Crippen LogP contribution in [0.25, 0.3) is 0 Å². The van der Waals surface area contributed by atoms with Gasteiger partial charge < -0.3 is 20.6 Å². The fraction of sp³-hybridized carbons (Fsp3) is 0.562. The van der Waals surface area contributed by atoms with E-state index in [0.717, 1.165) is 51.1 Å². The monoisotopic (exact) mass is 306 g/mol. The minimum absolute atomic E-state index is 0.215. The van der Waals surface area contributed by atoms with Gasteiger partial charge in [-0.25, -0.2) is 4.39 Å². The van der Waals surface area contributed by atoms with Crippen molar-refractivity contribution in [3.05, 3.63) is 30.1 Å². The van der Waals surface area contributed by atoms with Crippen molar-refractivity contribution in [1.29, 1.82) is 0 Å². The molecule has 0 unspecified atom stereocenters. The van der Waals surface area contributed by atoms with E-state index in [4.69, 9.17) is 5.73 Å². The highest BCUT2D eigenvalue weighted by Crippen LogP contribution is 2.31. The molecule has 0 spiro atoms. The number of nitrogens with two attached hydrogens (primary N) is 1. The fourth-order valence-corrected chi connectivity index (χ4v) is 2.92. The van der Waals surface area contributed by atoms with Gasteiger partial charge in [-0.15, -0.1) is 0 Å². The number of hydrogen-bond donors (Lipinski definition) is 2. The molecule has 2 aliphatic rings. The normalized spacial score (nSPS) is 21.6. The largest absolute Gasteiger partial charge is 0.388 e. The minimum atomic E-state index is -0.624. The summed E-state index contributed by atoms with van der Waals surface area (Å²) in [7, 11) is 0. The average Bonchev–Trinajstić information content (AvgIpc) is 2.52. The highest BCUT2D eigenvalue weighted by molar-refractivity contribution is 5.78. The van der Waals surface area contributed by atoms with Gasteiger partial charge in [0.15, 0.2) is 5.96 Å². The van der Waals surface area contributed by atoms with Gasteiger partial charge in [-0.05, 0) is 43.5 Å². The molecule has 2 fully saturated rings. The van der Waals surface area contributed by atoms with Gasteiger partial charge in [-0.2, -0.15) is 0 Å². The second kappa shape index (κ2) is 6.12. The minimum Gasteiger partial charge on any atom is -0.388 e. The van der Waals surface area contributed by atoms with E-state index in [1.165, 1.54) is 12.1 Å². The van der Waals surface area contributed by atoms with Crippen LogP contribution >= 0.6 is 0 Å². The quantitative estimate of drug-likeness (QED) is 0.650. The van der Waals surface area contributed by atoms with Gasteiger partial charge in [-0.3, -0.25) is 4.99 Å². The van der Waals surface area contributed by atoms with E-state index in [1.807, 2.05) is 4.90 Å². The molecule has 6 heteroatoms. The number of aliphatic hydroxyl groups is 1. The Morgan fingerprint density at radius 3 is 2.36 bits per heavy atom. The fourth-order valence-electron chi connectivity index (χ4n) is 2.92. The standard InChI is InChI=1S/C16H23FN4O/c17-13-2-4-14(5-3-13)20-8-10-21(11-9-20)15(18)19-12-16(22)6-1-7-16/h2-5,22H,1,6-12H2,(H2,18,19). The van der Waals surface area contributed by atoms with Crippen molar-refractivity contribution in [2.45, 2.75) is 24.9 Å². The van der Waals surface area contributed by atoms with E-state index in [9.17, 15) is 9.50 Å². The van der Waals surface area contributed by atoms with Gasteiger partial charge in [0.2, 0.25) is 0 Å². The number of guanidine groups is 1. The van der Waals surface area contributed by atoms with Crippen molar-refractivity contribution in [3.8, 4) is 0 Å². The first kappa shape index (κ1) is 15.1. The van der Waals surface area contributed by atoms with Crippen LogP contribution in [0.1, 0.15) is 19.3 Å². The first-order valence-corrected chi connectivity index (χ1v) is 7.84. The third-order valence-electron chi connectivity index (χ3n) is 4.62. The number of halogens is 1. The van der Waals surface area contributed by atoms with Crippen LogP contribution in [0.3, 0.4) is 0 Å². The number of anilines is 1. The molecule has 0 bridgehead atoms. The number of rotatable bonds is 3. The van der Waals surface area contributed by atoms with E-state index in [2.05, 4.69) is 9.89 Å². The number of piperazine rings is 1.